The summed E-state index contributed by atoms with van der Waals surface area (Å²) in [4.78, 5) is 11.1. The third-order valence-corrected chi connectivity index (χ3v) is 3.65. The maximum Gasteiger partial charge on any atom is 0.306 e. The van der Waals surface area contributed by atoms with Crippen LogP contribution in [0.15, 0.2) is 24.4 Å². The highest BCUT2D eigenvalue weighted by molar-refractivity contribution is 5.88. The fourth-order valence-electron chi connectivity index (χ4n) is 2.59. The van der Waals surface area contributed by atoms with Gasteiger partial charge in [-0.3, -0.25) is 4.79 Å². The van der Waals surface area contributed by atoms with Gasteiger partial charge in [-0.1, -0.05) is 19.1 Å². The van der Waals surface area contributed by atoms with E-state index in [0.29, 0.717) is 12.5 Å². The van der Waals surface area contributed by atoms with Crippen LogP contribution >= 0.6 is 0 Å². The molecule has 0 bridgehead atoms. The molecule has 0 amide bonds. The SMILES string of the molecule is Cc1cccc2c1c(CC(C)C(=O)O)cn2C(C)C. The number of aryl methyl sites for hydroxylation is 1. The van der Waals surface area contributed by atoms with E-state index in [1.54, 1.807) is 6.92 Å². The van der Waals surface area contributed by atoms with Crippen molar-refractivity contribution in [3.8, 4) is 0 Å². The largest absolute Gasteiger partial charge is 0.481 e. The van der Waals surface area contributed by atoms with Crippen LogP contribution in [0.2, 0.25) is 0 Å². The van der Waals surface area contributed by atoms with E-state index in [9.17, 15) is 4.79 Å². The summed E-state index contributed by atoms with van der Waals surface area (Å²) in [5.74, 6) is -1.09. The maximum absolute atomic E-state index is 11.1. The molecular weight excluding hydrogens is 238 g/mol. The Morgan fingerprint density at radius 2 is 2.00 bits per heavy atom. The molecule has 0 aliphatic heterocycles. The van der Waals surface area contributed by atoms with E-state index in [4.69, 9.17) is 5.11 Å². The van der Waals surface area contributed by atoms with Crippen LogP contribution in [0, 0.1) is 12.8 Å². The summed E-state index contributed by atoms with van der Waals surface area (Å²) >= 11 is 0. The topological polar surface area (TPSA) is 42.2 Å². The Morgan fingerprint density at radius 1 is 1.32 bits per heavy atom. The molecule has 0 aliphatic rings. The summed E-state index contributed by atoms with van der Waals surface area (Å²) in [5, 5.41) is 10.3. The number of carboxylic acids is 1. The van der Waals surface area contributed by atoms with Crippen molar-refractivity contribution in [2.45, 2.75) is 40.2 Å². The van der Waals surface area contributed by atoms with Gasteiger partial charge in [-0.15, -0.1) is 0 Å². The van der Waals surface area contributed by atoms with Crippen LogP contribution in [-0.4, -0.2) is 15.6 Å². The number of hydrogen-bond acceptors (Lipinski definition) is 1. The van der Waals surface area contributed by atoms with E-state index < -0.39 is 5.97 Å². The highest BCUT2D eigenvalue weighted by atomic mass is 16.4. The number of carbonyl (C=O) groups is 1. The number of hydrogen-bond donors (Lipinski definition) is 1. The zero-order valence-corrected chi connectivity index (χ0v) is 12.0. The molecule has 1 N–H and O–H groups in total. The van der Waals surface area contributed by atoms with E-state index in [1.165, 1.54) is 16.5 Å². The minimum Gasteiger partial charge on any atom is -0.481 e. The molecule has 2 rings (SSSR count). The quantitative estimate of drug-likeness (QED) is 0.907. The first-order valence-electron chi connectivity index (χ1n) is 6.73. The highest BCUT2D eigenvalue weighted by Gasteiger charge is 2.17. The predicted molar refractivity (Wildman–Crippen MR) is 77.6 cm³/mol. The van der Waals surface area contributed by atoms with Crippen LogP contribution in [0.1, 0.15) is 37.9 Å². The van der Waals surface area contributed by atoms with Gasteiger partial charge in [0.1, 0.15) is 0 Å². The zero-order valence-electron chi connectivity index (χ0n) is 12.0. The van der Waals surface area contributed by atoms with E-state index in [2.05, 4.69) is 49.7 Å². The molecule has 1 aromatic heterocycles. The van der Waals surface area contributed by atoms with Crippen molar-refractivity contribution < 1.29 is 9.90 Å². The van der Waals surface area contributed by atoms with Crippen LogP contribution in [0.5, 0.6) is 0 Å². The Bertz CT molecular complexity index is 610. The number of rotatable bonds is 4. The predicted octanol–water partition coefficient (Wildman–Crippen LogP) is 3.79. The van der Waals surface area contributed by atoms with Crippen molar-refractivity contribution in [2.75, 3.05) is 0 Å². The summed E-state index contributed by atoms with van der Waals surface area (Å²) in [7, 11) is 0. The van der Waals surface area contributed by atoms with Crippen molar-refractivity contribution in [2.24, 2.45) is 5.92 Å². The van der Waals surface area contributed by atoms with Crippen LogP contribution in [0.4, 0.5) is 0 Å². The molecule has 2 aromatic rings. The van der Waals surface area contributed by atoms with Crippen molar-refractivity contribution in [1.82, 2.24) is 4.57 Å². The Morgan fingerprint density at radius 3 is 2.58 bits per heavy atom. The van der Waals surface area contributed by atoms with Crippen LogP contribution in [-0.2, 0) is 11.2 Å². The van der Waals surface area contributed by atoms with Crippen LogP contribution in [0.3, 0.4) is 0 Å². The molecule has 1 heterocycles. The molecule has 1 aromatic carbocycles. The molecule has 0 radical (unpaired) electrons. The first-order chi connectivity index (χ1) is 8.91. The fourth-order valence-corrected chi connectivity index (χ4v) is 2.59. The molecule has 0 saturated heterocycles. The van der Waals surface area contributed by atoms with Gasteiger partial charge in [-0.2, -0.15) is 0 Å². The smallest absolute Gasteiger partial charge is 0.306 e. The summed E-state index contributed by atoms with van der Waals surface area (Å²) in [6.45, 7) is 8.14. The summed E-state index contributed by atoms with van der Waals surface area (Å²) in [5.41, 5.74) is 3.55. The minimum absolute atomic E-state index is 0.356. The lowest BCUT2D eigenvalue weighted by molar-refractivity contribution is -0.141. The third kappa shape index (κ3) is 2.50. The molecule has 0 fully saturated rings. The number of fused-ring (bicyclic) bond motifs is 1. The molecule has 3 heteroatoms. The summed E-state index contributed by atoms with van der Waals surface area (Å²) in [6.07, 6.45) is 2.69. The summed E-state index contributed by atoms with van der Waals surface area (Å²) in [6, 6.07) is 6.62. The molecule has 19 heavy (non-hydrogen) atoms. The number of nitrogens with zero attached hydrogens (tertiary/aromatic N) is 1. The lowest BCUT2D eigenvalue weighted by atomic mass is 9.99. The Hall–Kier alpha value is -1.77. The molecule has 102 valence electrons. The van der Waals surface area contributed by atoms with Gasteiger partial charge in [-0.05, 0) is 44.4 Å². The Labute approximate surface area is 113 Å². The first kappa shape index (κ1) is 13.7. The number of benzene rings is 1. The van der Waals surface area contributed by atoms with Gasteiger partial charge in [-0.25, -0.2) is 0 Å². The maximum atomic E-state index is 11.1. The van der Waals surface area contributed by atoms with Gasteiger partial charge in [0.15, 0.2) is 0 Å². The number of aromatic nitrogens is 1. The van der Waals surface area contributed by atoms with E-state index >= 15 is 0 Å². The van der Waals surface area contributed by atoms with Gasteiger partial charge in [0.25, 0.3) is 0 Å². The molecule has 0 saturated carbocycles. The average molecular weight is 259 g/mol. The monoisotopic (exact) mass is 259 g/mol. The second-order valence-electron chi connectivity index (χ2n) is 5.57. The fraction of sp³-hybridized carbons (Fsp3) is 0.438. The molecule has 1 atom stereocenters. The Kier molecular flexibility index (Phi) is 3.65. The van der Waals surface area contributed by atoms with Gasteiger partial charge >= 0.3 is 5.97 Å². The second kappa shape index (κ2) is 5.08. The molecule has 0 aliphatic carbocycles. The van der Waals surface area contributed by atoms with Gasteiger partial charge < -0.3 is 9.67 Å². The average Bonchev–Trinajstić information content (AvgIpc) is 2.69. The molecule has 0 spiro atoms. The van der Waals surface area contributed by atoms with Crippen molar-refractivity contribution in [3.05, 3.63) is 35.5 Å². The lowest BCUT2D eigenvalue weighted by Gasteiger charge is -2.09. The normalized spacial score (nSPS) is 13.1. The van der Waals surface area contributed by atoms with Gasteiger partial charge in [0, 0.05) is 23.1 Å². The molecular formula is C16H21NO2. The Balaban J connectivity index is 2.57. The van der Waals surface area contributed by atoms with Gasteiger partial charge in [0.2, 0.25) is 0 Å². The minimum atomic E-state index is -0.737. The van der Waals surface area contributed by atoms with Crippen LogP contribution < -0.4 is 0 Å². The van der Waals surface area contributed by atoms with Crippen molar-refractivity contribution in [1.29, 1.82) is 0 Å². The number of carboxylic acid groups (broad SMARTS) is 1. The summed E-state index contributed by atoms with van der Waals surface area (Å²) < 4.78 is 2.23. The standard InChI is InChI=1S/C16H21NO2/c1-10(2)17-9-13(8-12(4)16(18)19)15-11(3)6-5-7-14(15)17/h5-7,9-10,12H,8H2,1-4H3,(H,18,19). The van der Waals surface area contributed by atoms with E-state index in [1.807, 2.05) is 0 Å². The molecule has 1 unspecified atom stereocenters. The second-order valence-corrected chi connectivity index (χ2v) is 5.57. The highest BCUT2D eigenvalue weighted by Crippen LogP contribution is 2.29. The first-order valence-corrected chi connectivity index (χ1v) is 6.73. The van der Waals surface area contributed by atoms with Gasteiger partial charge in [0.05, 0.1) is 5.92 Å². The molecule has 3 nitrogen and oxygen atoms in total. The third-order valence-electron chi connectivity index (χ3n) is 3.65. The van der Waals surface area contributed by atoms with Crippen LogP contribution in [0.25, 0.3) is 10.9 Å². The zero-order chi connectivity index (χ0) is 14.2. The number of aliphatic carboxylic acids is 1. The van der Waals surface area contributed by atoms with E-state index in [-0.39, 0.29) is 5.92 Å². The lowest BCUT2D eigenvalue weighted by Crippen LogP contribution is -2.12. The van der Waals surface area contributed by atoms with Crippen molar-refractivity contribution >= 4 is 16.9 Å². The van der Waals surface area contributed by atoms with E-state index in [0.717, 1.165) is 5.56 Å². The van der Waals surface area contributed by atoms with Crippen molar-refractivity contribution in [3.63, 3.8) is 0 Å².